The van der Waals surface area contributed by atoms with Gasteiger partial charge in [-0.1, -0.05) is 0 Å². The zero-order valence-corrected chi connectivity index (χ0v) is 15.3. The molecule has 0 spiro atoms. The second-order valence-electron chi connectivity index (χ2n) is 6.83. The van der Waals surface area contributed by atoms with E-state index in [0.29, 0.717) is 43.9 Å². The Hall–Kier alpha value is -1.96. The summed E-state index contributed by atoms with van der Waals surface area (Å²) in [6, 6.07) is 1.16. The molecule has 136 valence electrons. The smallest absolute Gasteiger partial charge is 0.257 e. The number of hydrogen-bond donors (Lipinski definition) is 1. The van der Waals surface area contributed by atoms with Crippen molar-refractivity contribution in [3.63, 3.8) is 0 Å². The summed E-state index contributed by atoms with van der Waals surface area (Å²) in [6.45, 7) is 5.87. The van der Waals surface area contributed by atoms with E-state index >= 15 is 0 Å². The Balaban J connectivity index is 1.58. The van der Waals surface area contributed by atoms with Gasteiger partial charge in [0, 0.05) is 31.9 Å². The van der Waals surface area contributed by atoms with Crippen molar-refractivity contribution in [1.29, 1.82) is 0 Å². The third-order valence-electron chi connectivity index (χ3n) is 4.62. The van der Waals surface area contributed by atoms with Gasteiger partial charge >= 0.3 is 0 Å². The van der Waals surface area contributed by atoms with E-state index in [9.17, 15) is 14.4 Å². The van der Waals surface area contributed by atoms with E-state index in [1.165, 1.54) is 24.3 Å². The number of nitrogens with one attached hydrogen (secondary N) is 1. The topological polar surface area (TPSA) is 82.9 Å². The molecule has 25 heavy (non-hydrogen) atoms. The van der Waals surface area contributed by atoms with Gasteiger partial charge in [-0.3, -0.25) is 14.4 Å². The van der Waals surface area contributed by atoms with E-state index in [4.69, 9.17) is 4.42 Å². The zero-order chi connectivity index (χ0) is 18.0. The number of rotatable bonds is 2. The minimum atomic E-state index is -0.497. The number of thioether (sulfide) groups is 1. The summed E-state index contributed by atoms with van der Waals surface area (Å²) in [4.78, 5) is 40.7. The lowest BCUT2D eigenvalue weighted by molar-refractivity contribution is -0.136. The van der Waals surface area contributed by atoms with Crippen LogP contribution in [0, 0.1) is 0 Å². The van der Waals surface area contributed by atoms with Gasteiger partial charge in [0.15, 0.2) is 0 Å². The Morgan fingerprint density at radius 1 is 1.24 bits per heavy atom. The largest absolute Gasteiger partial charge is 0.472 e. The Kier molecular flexibility index (Phi) is 5.08. The van der Waals surface area contributed by atoms with Gasteiger partial charge in [0.1, 0.15) is 12.3 Å². The minimum absolute atomic E-state index is 0.0611. The highest BCUT2D eigenvalue weighted by Gasteiger charge is 2.39. The van der Waals surface area contributed by atoms with Crippen LogP contribution in [0.1, 0.15) is 30.6 Å². The van der Waals surface area contributed by atoms with Crippen molar-refractivity contribution in [1.82, 2.24) is 15.1 Å². The zero-order valence-electron chi connectivity index (χ0n) is 14.5. The van der Waals surface area contributed by atoms with Crippen molar-refractivity contribution >= 4 is 29.5 Å². The van der Waals surface area contributed by atoms with Crippen molar-refractivity contribution in [2.24, 2.45) is 0 Å². The second-order valence-corrected chi connectivity index (χ2v) is 8.47. The average Bonchev–Trinajstić information content (AvgIpc) is 3.01. The maximum atomic E-state index is 12.7. The van der Waals surface area contributed by atoms with Crippen molar-refractivity contribution in [3.05, 3.63) is 24.2 Å². The van der Waals surface area contributed by atoms with Gasteiger partial charge < -0.3 is 19.5 Å². The molecule has 1 N–H and O–H groups in total. The lowest BCUT2D eigenvalue weighted by Crippen LogP contribution is -2.58. The lowest BCUT2D eigenvalue weighted by atomic mass is 10.1. The van der Waals surface area contributed by atoms with Crippen LogP contribution < -0.4 is 5.32 Å². The molecule has 3 heterocycles. The van der Waals surface area contributed by atoms with Gasteiger partial charge in [0.25, 0.3) is 5.91 Å². The molecule has 7 nitrogen and oxygen atoms in total. The van der Waals surface area contributed by atoms with Gasteiger partial charge in [-0.05, 0) is 26.3 Å². The number of hydrogen-bond acceptors (Lipinski definition) is 5. The average molecular weight is 365 g/mol. The molecule has 0 aromatic carbocycles. The van der Waals surface area contributed by atoms with Crippen LogP contribution in [-0.2, 0) is 9.59 Å². The highest BCUT2D eigenvalue weighted by molar-refractivity contribution is 8.01. The van der Waals surface area contributed by atoms with E-state index in [1.807, 2.05) is 13.8 Å². The molecule has 2 aliphatic heterocycles. The molecule has 3 rings (SSSR count). The first kappa shape index (κ1) is 17.8. The molecule has 3 amide bonds. The molecule has 0 aliphatic carbocycles. The highest BCUT2D eigenvalue weighted by atomic mass is 32.2. The Morgan fingerprint density at radius 2 is 1.96 bits per heavy atom. The molecular weight excluding hydrogens is 342 g/mol. The van der Waals surface area contributed by atoms with Gasteiger partial charge in [0.2, 0.25) is 11.8 Å². The van der Waals surface area contributed by atoms with Gasteiger partial charge in [0.05, 0.1) is 16.6 Å². The van der Waals surface area contributed by atoms with Gasteiger partial charge in [-0.2, -0.15) is 0 Å². The van der Waals surface area contributed by atoms with Crippen molar-refractivity contribution in [2.45, 2.75) is 31.1 Å². The monoisotopic (exact) mass is 365 g/mol. The lowest BCUT2D eigenvalue weighted by Gasteiger charge is -2.35. The fraction of sp³-hybridized carbons (Fsp3) is 0.588. The first-order chi connectivity index (χ1) is 11.9. The Morgan fingerprint density at radius 3 is 2.64 bits per heavy atom. The summed E-state index contributed by atoms with van der Waals surface area (Å²) < 4.78 is 4.47. The van der Waals surface area contributed by atoms with Crippen LogP contribution in [0.5, 0.6) is 0 Å². The van der Waals surface area contributed by atoms with E-state index in [1.54, 1.807) is 15.9 Å². The van der Waals surface area contributed by atoms with Crippen LogP contribution in [0.15, 0.2) is 23.0 Å². The molecule has 1 unspecified atom stereocenters. The quantitative estimate of drug-likeness (QED) is 0.844. The summed E-state index contributed by atoms with van der Waals surface area (Å²) in [7, 11) is 0. The summed E-state index contributed by atoms with van der Waals surface area (Å²) in [6.07, 6.45) is 3.63. The highest BCUT2D eigenvalue weighted by Crippen LogP contribution is 2.29. The van der Waals surface area contributed by atoms with Crippen molar-refractivity contribution < 1.29 is 18.8 Å². The second kappa shape index (κ2) is 7.11. The molecule has 2 aliphatic rings. The van der Waals surface area contributed by atoms with Crippen LogP contribution in [0.25, 0.3) is 0 Å². The van der Waals surface area contributed by atoms with Crippen LogP contribution in [0.2, 0.25) is 0 Å². The molecule has 1 aromatic rings. The van der Waals surface area contributed by atoms with Crippen LogP contribution in [0.4, 0.5) is 0 Å². The summed E-state index contributed by atoms with van der Waals surface area (Å²) in [5.74, 6) is 0.333. The fourth-order valence-corrected chi connectivity index (χ4v) is 3.99. The number of nitrogens with zero attached hydrogens (tertiary/aromatic N) is 2. The molecule has 0 saturated carbocycles. The number of furan rings is 1. The Bertz CT molecular complexity index is 659. The fourth-order valence-electron chi connectivity index (χ4n) is 2.99. The molecule has 1 atom stereocenters. The van der Waals surface area contributed by atoms with Gasteiger partial charge in [-0.25, -0.2) is 0 Å². The van der Waals surface area contributed by atoms with E-state index in [2.05, 4.69) is 5.32 Å². The molecule has 8 heteroatoms. The van der Waals surface area contributed by atoms with E-state index in [0.717, 1.165) is 0 Å². The third-order valence-corrected chi connectivity index (χ3v) is 6.03. The first-order valence-electron chi connectivity index (χ1n) is 8.43. The standard InChI is InChI=1S/C17H23N3O4S/c1-17(2)16(23)18-13(11-25-17)15(22)20-6-3-5-19(7-8-20)14(21)12-4-9-24-10-12/h4,9-10,13H,3,5-8,11H2,1-2H3,(H,18,23). The molecule has 2 fully saturated rings. The van der Waals surface area contributed by atoms with E-state index in [-0.39, 0.29) is 17.7 Å². The predicted molar refractivity (Wildman–Crippen MR) is 94.3 cm³/mol. The number of carbonyl (C=O) groups excluding carboxylic acids is 3. The van der Waals surface area contributed by atoms with Crippen molar-refractivity contribution in [3.8, 4) is 0 Å². The van der Waals surface area contributed by atoms with Crippen LogP contribution >= 0.6 is 11.8 Å². The Labute approximate surface area is 151 Å². The molecule has 2 saturated heterocycles. The maximum absolute atomic E-state index is 12.7. The van der Waals surface area contributed by atoms with Crippen LogP contribution in [-0.4, -0.2) is 70.2 Å². The number of amides is 3. The molecule has 0 radical (unpaired) electrons. The van der Waals surface area contributed by atoms with Gasteiger partial charge in [-0.15, -0.1) is 11.8 Å². The third kappa shape index (κ3) is 3.84. The number of carbonyl (C=O) groups is 3. The van der Waals surface area contributed by atoms with Crippen LogP contribution in [0.3, 0.4) is 0 Å². The van der Waals surface area contributed by atoms with E-state index < -0.39 is 10.8 Å². The molecule has 1 aromatic heterocycles. The minimum Gasteiger partial charge on any atom is -0.472 e. The summed E-state index contributed by atoms with van der Waals surface area (Å²) in [5.41, 5.74) is 0.526. The maximum Gasteiger partial charge on any atom is 0.257 e. The molecular formula is C17H23N3O4S. The summed E-state index contributed by atoms with van der Waals surface area (Å²) >= 11 is 1.50. The van der Waals surface area contributed by atoms with Crippen molar-refractivity contribution in [2.75, 3.05) is 31.9 Å². The first-order valence-corrected chi connectivity index (χ1v) is 9.42. The predicted octanol–water partition coefficient (Wildman–Crippen LogP) is 0.964. The molecule has 0 bridgehead atoms. The SMILES string of the molecule is CC1(C)SCC(C(=O)N2CCCN(C(=O)c3ccoc3)CC2)NC1=O. The normalized spacial score (nSPS) is 23.8. The summed E-state index contributed by atoms with van der Waals surface area (Å²) in [5, 5.41) is 2.84.